The Kier molecular flexibility index (Phi) is 10.1. The molecule has 0 aliphatic heterocycles. The van der Waals surface area contributed by atoms with Crippen molar-refractivity contribution in [3.05, 3.63) is 24.3 Å². The number of benzene rings is 1. The predicted molar refractivity (Wildman–Crippen MR) is 65.5 cm³/mol. The second-order valence-electron chi connectivity index (χ2n) is 2.63. The Morgan fingerprint density at radius 2 is 1.71 bits per heavy atom. The van der Waals surface area contributed by atoms with Crippen LogP contribution in [0, 0.1) is 0 Å². The number of aliphatic hydroxyl groups is 1. The summed E-state index contributed by atoms with van der Waals surface area (Å²) in [4.78, 5) is 0. The Balaban J connectivity index is 0. The van der Waals surface area contributed by atoms with Crippen LogP contribution in [0.4, 0.5) is 11.4 Å². The van der Waals surface area contributed by atoms with E-state index in [9.17, 15) is 0 Å². The topological polar surface area (TPSA) is 58.3 Å². The summed E-state index contributed by atoms with van der Waals surface area (Å²) in [5.41, 5.74) is 7.32. The number of anilines is 2. The van der Waals surface area contributed by atoms with E-state index in [-0.39, 0.29) is 31.4 Å². The summed E-state index contributed by atoms with van der Waals surface area (Å²) >= 11 is 0. The molecule has 0 spiro atoms. The second kappa shape index (κ2) is 8.94. The van der Waals surface area contributed by atoms with Gasteiger partial charge in [-0.3, -0.25) is 0 Å². The third kappa shape index (κ3) is 5.91. The molecule has 82 valence electrons. The van der Waals surface area contributed by atoms with Gasteiger partial charge in [0.05, 0.1) is 0 Å². The third-order valence-electron chi connectivity index (χ3n) is 1.57. The van der Waals surface area contributed by atoms with Crippen molar-refractivity contribution in [2.45, 2.75) is 6.42 Å². The smallest absolute Gasteiger partial charge is 0.0447 e. The van der Waals surface area contributed by atoms with Gasteiger partial charge in [-0.25, -0.2) is 0 Å². The van der Waals surface area contributed by atoms with Crippen LogP contribution in [-0.4, -0.2) is 18.3 Å². The molecule has 1 rings (SSSR count). The number of nitrogens with two attached hydrogens (primary N) is 1. The number of halogens is 2. The maximum atomic E-state index is 8.53. The van der Waals surface area contributed by atoms with Gasteiger partial charge >= 0.3 is 0 Å². The first-order valence-electron chi connectivity index (χ1n) is 4.03. The normalized spacial score (nSPS) is 8.36. The lowest BCUT2D eigenvalue weighted by atomic mass is 10.3. The zero-order chi connectivity index (χ0) is 8.81. The van der Waals surface area contributed by atoms with Crippen LogP contribution in [0.15, 0.2) is 24.3 Å². The van der Waals surface area contributed by atoms with Crippen LogP contribution < -0.4 is 11.1 Å². The van der Waals surface area contributed by atoms with Gasteiger partial charge in [0, 0.05) is 24.5 Å². The lowest BCUT2D eigenvalue weighted by Gasteiger charge is -2.04. The largest absolute Gasteiger partial charge is 0.399 e. The fourth-order valence-corrected chi connectivity index (χ4v) is 0.913. The summed E-state index contributed by atoms with van der Waals surface area (Å²) in [5.74, 6) is 0. The first-order chi connectivity index (χ1) is 5.83. The van der Waals surface area contributed by atoms with Gasteiger partial charge in [0.1, 0.15) is 0 Å². The molecule has 0 atom stereocenters. The van der Waals surface area contributed by atoms with E-state index < -0.39 is 0 Å². The molecule has 0 fully saturated rings. The number of aliphatic hydroxyl groups excluding tert-OH is 1. The molecule has 0 heterocycles. The van der Waals surface area contributed by atoms with Crippen LogP contribution in [0.2, 0.25) is 0 Å². The van der Waals surface area contributed by atoms with Gasteiger partial charge in [-0.15, -0.1) is 24.8 Å². The van der Waals surface area contributed by atoms with Gasteiger partial charge in [0.15, 0.2) is 0 Å². The minimum atomic E-state index is 0. The maximum Gasteiger partial charge on any atom is 0.0447 e. The Hall–Kier alpha value is -0.640. The van der Waals surface area contributed by atoms with Crippen molar-refractivity contribution in [3.8, 4) is 0 Å². The van der Waals surface area contributed by atoms with Crippen molar-refractivity contribution in [1.29, 1.82) is 0 Å². The summed E-state index contributed by atoms with van der Waals surface area (Å²) in [7, 11) is 0. The van der Waals surface area contributed by atoms with Crippen molar-refractivity contribution in [2.75, 3.05) is 24.2 Å². The molecule has 0 bridgehead atoms. The molecule has 1 aromatic carbocycles. The molecule has 0 radical (unpaired) electrons. The SMILES string of the molecule is Cl.Cl.Nc1ccc(NCCCO)cc1. The van der Waals surface area contributed by atoms with Crippen molar-refractivity contribution >= 4 is 36.2 Å². The van der Waals surface area contributed by atoms with E-state index in [0.29, 0.717) is 0 Å². The third-order valence-corrected chi connectivity index (χ3v) is 1.57. The molecule has 0 unspecified atom stereocenters. The van der Waals surface area contributed by atoms with Gasteiger partial charge < -0.3 is 16.2 Å². The van der Waals surface area contributed by atoms with E-state index in [2.05, 4.69) is 5.32 Å². The monoisotopic (exact) mass is 238 g/mol. The second-order valence-corrected chi connectivity index (χ2v) is 2.63. The van der Waals surface area contributed by atoms with Gasteiger partial charge in [-0.1, -0.05) is 0 Å². The Labute approximate surface area is 96.5 Å². The molecule has 3 nitrogen and oxygen atoms in total. The first-order valence-corrected chi connectivity index (χ1v) is 4.03. The van der Waals surface area contributed by atoms with Crippen LogP contribution in [-0.2, 0) is 0 Å². The van der Waals surface area contributed by atoms with Crippen LogP contribution in [0.3, 0.4) is 0 Å². The molecule has 0 aromatic heterocycles. The summed E-state index contributed by atoms with van der Waals surface area (Å²) in [6, 6.07) is 7.54. The van der Waals surface area contributed by atoms with Crippen LogP contribution >= 0.6 is 24.8 Å². The summed E-state index contributed by atoms with van der Waals surface area (Å²) in [6.45, 7) is 1.02. The lowest BCUT2D eigenvalue weighted by molar-refractivity contribution is 0.292. The van der Waals surface area contributed by atoms with Gasteiger partial charge in [0.25, 0.3) is 0 Å². The van der Waals surface area contributed by atoms with Crippen molar-refractivity contribution in [1.82, 2.24) is 0 Å². The minimum absolute atomic E-state index is 0. The van der Waals surface area contributed by atoms with Crippen LogP contribution in [0.25, 0.3) is 0 Å². The van der Waals surface area contributed by atoms with Crippen molar-refractivity contribution in [2.24, 2.45) is 0 Å². The average Bonchev–Trinajstić information content (AvgIpc) is 2.09. The van der Waals surface area contributed by atoms with Crippen LogP contribution in [0.1, 0.15) is 6.42 Å². The number of rotatable bonds is 4. The molecule has 14 heavy (non-hydrogen) atoms. The van der Waals surface area contributed by atoms with Crippen molar-refractivity contribution < 1.29 is 5.11 Å². The molecule has 0 amide bonds. The minimum Gasteiger partial charge on any atom is -0.399 e. The number of nitrogen functional groups attached to an aromatic ring is 1. The number of nitrogens with one attached hydrogen (secondary N) is 1. The molecular weight excluding hydrogens is 223 g/mol. The molecule has 0 aliphatic carbocycles. The van der Waals surface area contributed by atoms with E-state index in [0.717, 1.165) is 24.3 Å². The first kappa shape index (κ1) is 15.8. The fourth-order valence-electron chi connectivity index (χ4n) is 0.913. The highest BCUT2D eigenvalue weighted by molar-refractivity contribution is 5.85. The maximum absolute atomic E-state index is 8.53. The molecule has 1 aromatic rings. The molecule has 0 saturated heterocycles. The highest BCUT2D eigenvalue weighted by atomic mass is 35.5. The lowest BCUT2D eigenvalue weighted by Crippen LogP contribution is -2.03. The zero-order valence-corrected chi connectivity index (χ0v) is 9.40. The molecular formula is C9H16Cl2N2O. The van der Waals surface area contributed by atoms with Gasteiger partial charge in [-0.05, 0) is 30.7 Å². The summed E-state index contributed by atoms with van der Waals surface area (Å²) in [6.07, 6.45) is 0.768. The number of hydrogen-bond donors (Lipinski definition) is 3. The highest BCUT2D eigenvalue weighted by Gasteiger charge is 1.89. The molecule has 5 heteroatoms. The average molecular weight is 239 g/mol. The standard InChI is InChI=1S/C9H14N2O.2ClH/c10-8-2-4-9(5-3-8)11-6-1-7-12;;/h2-5,11-12H,1,6-7,10H2;2*1H. The zero-order valence-electron chi connectivity index (χ0n) is 7.77. The highest BCUT2D eigenvalue weighted by Crippen LogP contribution is 2.09. The van der Waals surface area contributed by atoms with E-state index in [1.54, 1.807) is 0 Å². The summed E-state index contributed by atoms with van der Waals surface area (Å²) < 4.78 is 0. The molecule has 0 saturated carbocycles. The quantitative estimate of drug-likeness (QED) is 0.555. The Morgan fingerprint density at radius 1 is 1.14 bits per heavy atom. The Bertz CT molecular complexity index is 229. The van der Waals surface area contributed by atoms with E-state index in [1.807, 2.05) is 24.3 Å². The molecule has 0 aliphatic rings. The Morgan fingerprint density at radius 3 is 2.21 bits per heavy atom. The van der Waals surface area contributed by atoms with E-state index in [1.165, 1.54) is 0 Å². The van der Waals surface area contributed by atoms with Gasteiger partial charge in [-0.2, -0.15) is 0 Å². The van der Waals surface area contributed by atoms with E-state index in [4.69, 9.17) is 10.8 Å². The van der Waals surface area contributed by atoms with Crippen LogP contribution in [0.5, 0.6) is 0 Å². The predicted octanol–water partition coefficient (Wildman–Crippen LogP) is 1.91. The number of hydrogen-bond acceptors (Lipinski definition) is 3. The molecule has 4 N–H and O–H groups in total. The summed E-state index contributed by atoms with van der Waals surface area (Å²) in [5, 5.41) is 11.7. The van der Waals surface area contributed by atoms with E-state index >= 15 is 0 Å². The van der Waals surface area contributed by atoms with Crippen molar-refractivity contribution in [3.63, 3.8) is 0 Å². The fraction of sp³-hybridized carbons (Fsp3) is 0.333. The van der Waals surface area contributed by atoms with Gasteiger partial charge in [0.2, 0.25) is 0 Å².